The Bertz CT molecular complexity index is 856. The fourth-order valence-corrected chi connectivity index (χ4v) is 3.90. The molecule has 0 aliphatic heterocycles. The lowest BCUT2D eigenvalue weighted by Crippen LogP contribution is -2.10. The van der Waals surface area contributed by atoms with Crippen LogP contribution in [0.25, 0.3) is 6.08 Å². The quantitative estimate of drug-likeness (QED) is 0.536. The van der Waals surface area contributed by atoms with Crippen LogP contribution in [0.2, 0.25) is 0 Å². The van der Waals surface area contributed by atoms with Gasteiger partial charge >= 0.3 is 0 Å². The van der Waals surface area contributed by atoms with Gasteiger partial charge in [-0.1, -0.05) is 96.1 Å². The Morgan fingerprint density at radius 3 is 1.96 bits per heavy atom. The molecule has 0 radical (unpaired) electrons. The maximum atomic E-state index is 2.38. The van der Waals surface area contributed by atoms with Crippen molar-refractivity contribution in [2.45, 2.75) is 25.7 Å². The first-order valence-corrected chi connectivity index (χ1v) is 8.62. The zero-order valence-electron chi connectivity index (χ0n) is 14.2. The van der Waals surface area contributed by atoms with E-state index in [1.807, 2.05) is 0 Å². The van der Waals surface area contributed by atoms with Crippen LogP contribution in [0.1, 0.15) is 45.2 Å². The van der Waals surface area contributed by atoms with Crippen LogP contribution in [0.5, 0.6) is 0 Å². The molecule has 3 aromatic carbocycles. The normalized spacial score (nSPS) is 15.7. The molecule has 0 N–H and O–H groups in total. The zero-order chi connectivity index (χ0) is 16.5. The summed E-state index contributed by atoms with van der Waals surface area (Å²) >= 11 is 0. The molecule has 0 fully saturated rings. The van der Waals surface area contributed by atoms with Crippen molar-refractivity contribution in [1.29, 1.82) is 0 Å². The Kier molecular flexibility index (Phi) is 3.82. The molecule has 0 amide bonds. The third-order valence-corrected chi connectivity index (χ3v) is 5.00. The summed E-state index contributed by atoms with van der Waals surface area (Å²) in [4.78, 5) is 0. The minimum atomic E-state index is 0.352. The summed E-state index contributed by atoms with van der Waals surface area (Å²) in [6.07, 6.45) is 4.65. The molecule has 1 unspecified atom stereocenters. The van der Waals surface area contributed by atoms with Crippen LogP contribution in [0.4, 0.5) is 0 Å². The van der Waals surface area contributed by atoms with E-state index in [1.165, 1.54) is 33.4 Å². The number of benzene rings is 3. The lowest BCUT2D eigenvalue weighted by atomic mass is 9.77. The number of hydrogen-bond acceptors (Lipinski definition) is 0. The standard InChI is InChI=1S/C24H22/c1-17-7-5-10-20(15-17)24(21-11-6-8-18(2)16-21)23-14-13-19-9-3-4-12-22(19)23/h3-16,23-24H,1-2H3. The lowest BCUT2D eigenvalue weighted by Gasteiger charge is -2.25. The van der Waals surface area contributed by atoms with E-state index >= 15 is 0 Å². The summed E-state index contributed by atoms with van der Waals surface area (Å²) in [6.45, 7) is 4.35. The van der Waals surface area contributed by atoms with Gasteiger partial charge in [-0.15, -0.1) is 0 Å². The molecule has 0 saturated heterocycles. The average molecular weight is 310 g/mol. The topological polar surface area (TPSA) is 0 Å². The highest BCUT2D eigenvalue weighted by Gasteiger charge is 2.28. The second kappa shape index (κ2) is 6.13. The second-order valence-electron chi connectivity index (χ2n) is 6.82. The highest BCUT2D eigenvalue weighted by Crippen LogP contribution is 2.44. The number of hydrogen-bond donors (Lipinski definition) is 0. The maximum absolute atomic E-state index is 2.38. The Balaban J connectivity index is 1.87. The molecule has 0 saturated carbocycles. The number of rotatable bonds is 3. The van der Waals surface area contributed by atoms with E-state index < -0.39 is 0 Å². The molecular formula is C24H22. The molecule has 0 aromatic heterocycles. The zero-order valence-corrected chi connectivity index (χ0v) is 14.2. The van der Waals surface area contributed by atoms with Gasteiger partial charge in [-0.2, -0.15) is 0 Å². The highest BCUT2D eigenvalue weighted by molar-refractivity contribution is 5.64. The molecule has 0 spiro atoms. The van der Waals surface area contributed by atoms with Crippen LogP contribution in [0, 0.1) is 13.8 Å². The van der Waals surface area contributed by atoms with Crippen LogP contribution in [0.3, 0.4) is 0 Å². The van der Waals surface area contributed by atoms with Crippen LogP contribution >= 0.6 is 0 Å². The van der Waals surface area contributed by atoms with Gasteiger partial charge in [-0.25, -0.2) is 0 Å². The smallest absolute Gasteiger partial charge is 0.0193 e. The average Bonchev–Trinajstić information content (AvgIpc) is 2.99. The van der Waals surface area contributed by atoms with Gasteiger partial charge in [-0.05, 0) is 36.1 Å². The van der Waals surface area contributed by atoms with Gasteiger partial charge in [-0.3, -0.25) is 0 Å². The van der Waals surface area contributed by atoms with Crippen LogP contribution in [-0.4, -0.2) is 0 Å². The molecule has 4 rings (SSSR count). The summed E-state index contributed by atoms with van der Waals surface area (Å²) in [5, 5.41) is 0. The van der Waals surface area contributed by atoms with Gasteiger partial charge in [0.05, 0.1) is 0 Å². The summed E-state index contributed by atoms with van der Waals surface area (Å²) in [5.74, 6) is 0.745. The Morgan fingerprint density at radius 2 is 1.33 bits per heavy atom. The van der Waals surface area contributed by atoms with Gasteiger partial charge in [0.1, 0.15) is 0 Å². The summed E-state index contributed by atoms with van der Waals surface area (Å²) in [7, 11) is 0. The molecule has 1 aliphatic carbocycles. The van der Waals surface area contributed by atoms with Crippen molar-refractivity contribution in [1.82, 2.24) is 0 Å². The monoisotopic (exact) mass is 310 g/mol. The second-order valence-corrected chi connectivity index (χ2v) is 6.82. The van der Waals surface area contributed by atoms with E-state index in [4.69, 9.17) is 0 Å². The van der Waals surface area contributed by atoms with E-state index in [9.17, 15) is 0 Å². The van der Waals surface area contributed by atoms with Crippen molar-refractivity contribution in [3.05, 3.63) is 112 Å². The number of aryl methyl sites for hydroxylation is 2. The molecular weight excluding hydrogens is 288 g/mol. The molecule has 1 atom stereocenters. The van der Waals surface area contributed by atoms with E-state index in [1.54, 1.807) is 0 Å². The first kappa shape index (κ1) is 15.0. The van der Waals surface area contributed by atoms with E-state index in [2.05, 4.69) is 98.8 Å². The van der Waals surface area contributed by atoms with Crippen LogP contribution in [-0.2, 0) is 0 Å². The van der Waals surface area contributed by atoms with Crippen molar-refractivity contribution in [2.75, 3.05) is 0 Å². The third kappa shape index (κ3) is 2.69. The van der Waals surface area contributed by atoms with Crippen molar-refractivity contribution in [3.63, 3.8) is 0 Å². The molecule has 0 heteroatoms. The van der Waals surface area contributed by atoms with Crippen molar-refractivity contribution >= 4 is 6.08 Å². The van der Waals surface area contributed by atoms with Gasteiger partial charge in [0.2, 0.25) is 0 Å². The molecule has 0 heterocycles. The summed E-state index contributed by atoms with van der Waals surface area (Å²) in [6, 6.07) is 26.7. The summed E-state index contributed by atoms with van der Waals surface area (Å²) < 4.78 is 0. The molecule has 118 valence electrons. The molecule has 1 aliphatic rings. The van der Waals surface area contributed by atoms with E-state index in [-0.39, 0.29) is 0 Å². The SMILES string of the molecule is Cc1cccc(C(c2cccc(C)c2)C2C=Cc3ccccc32)c1. The Morgan fingerprint density at radius 1 is 0.708 bits per heavy atom. The minimum absolute atomic E-state index is 0.352. The van der Waals surface area contributed by atoms with Gasteiger partial charge in [0.25, 0.3) is 0 Å². The van der Waals surface area contributed by atoms with Crippen molar-refractivity contribution < 1.29 is 0 Å². The van der Waals surface area contributed by atoms with Crippen LogP contribution < -0.4 is 0 Å². The Labute approximate surface area is 144 Å². The van der Waals surface area contributed by atoms with E-state index in [0.717, 1.165) is 0 Å². The fourth-order valence-electron chi connectivity index (χ4n) is 3.90. The first-order valence-electron chi connectivity index (χ1n) is 8.62. The largest absolute Gasteiger partial charge is 0.0754 e. The van der Waals surface area contributed by atoms with Crippen molar-refractivity contribution in [2.24, 2.45) is 0 Å². The molecule has 0 bridgehead atoms. The third-order valence-electron chi connectivity index (χ3n) is 5.00. The maximum Gasteiger partial charge on any atom is 0.0193 e. The Hall–Kier alpha value is -2.60. The summed E-state index contributed by atoms with van der Waals surface area (Å²) in [5.41, 5.74) is 8.22. The van der Waals surface area contributed by atoms with Crippen LogP contribution in [0.15, 0.2) is 78.9 Å². The van der Waals surface area contributed by atoms with Gasteiger partial charge in [0, 0.05) is 11.8 Å². The predicted molar refractivity (Wildman–Crippen MR) is 102 cm³/mol. The van der Waals surface area contributed by atoms with Crippen molar-refractivity contribution in [3.8, 4) is 0 Å². The number of fused-ring (bicyclic) bond motifs is 1. The molecule has 0 nitrogen and oxygen atoms in total. The number of allylic oxidation sites excluding steroid dienone is 1. The fraction of sp³-hybridized carbons (Fsp3) is 0.167. The lowest BCUT2D eigenvalue weighted by molar-refractivity contribution is 0.723. The predicted octanol–water partition coefficient (Wildman–Crippen LogP) is 6.25. The van der Waals surface area contributed by atoms with Gasteiger partial charge in [0.15, 0.2) is 0 Å². The van der Waals surface area contributed by atoms with Gasteiger partial charge < -0.3 is 0 Å². The minimum Gasteiger partial charge on any atom is -0.0754 e. The molecule has 3 aromatic rings. The highest BCUT2D eigenvalue weighted by atomic mass is 14.3. The van der Waals surface area contributed by atoms with E-state index in [0.29, 0.717) is 11.8 Å². The molecule has 24 heavy (non-hydrogen) atoms. The first-order chi connectivity index (χ1) is 11.7.